The van der Waals surface area contributed by atoms with Gasteiger partial charge in [0.25, 0.3) is 11.1 Å². The Balaban J connectivity index is 0.000000196. The minimum Gasteiger partial charge on any atom is -0.383 e. The Morgan fingerprint density at radius 2 is 1.31 bits per heavy atom. The molecule has 0 atom stereocenters. The fourth-order valence-electron chi connectivity index (χ4n) is 2.96. The summed E-state index contributed by atoms with van der Waals surface area (Å²) in [6, 6.07) is 2.86. The molecular weight excluding hydrogens is 549 g/mol. The average Bonchev–Trinajstić information content (AvgIpc) is 3.49. The molecule has 0 spiro atoms. The van der Waals surface area contributed by atoms with Gasteiger partial charge < -0.3 is 35.5 Å². The van der Waals surface area contributed by atoms with Gasteiger partial charge in [0, 0.05) is 55.1 Å². The molecule has 218 valence electrons. The molecule has 0 unspecified atom stereocenters. The molecule has 6 aromatic rings. The fraction of sp³-hybridized carbons (Fsp3) is 0.182. The molecule has 2 radical (unpaired) electrons. The van der Waals surface area contributed by atoms with Crippen molar-refractivity contribution in [2.24, 2.45) is 28.2 Å². The second kappa shape index (κ2) is 13.8. The SMILES string of the molecule is Cn1ccc(=O)[nH]c1=O.Cn1ccc(N)nc1=O.Cn1cnc2c(=O)[nH]c(N)nc21.Cn1cnc2c(N)ncnc21.[BH]. The number of imidazole rings is 2. The molecule has 6 heterocycles. The Morgan fingerprint density at radius 3 is 1.88 bits per heavy atom. The van der Waals surface area contributed by atoms with Crippen molar-refractivity contribution in [3.05, 3.63) is 85.2 Å². The lowest BCUT2D eigenvalue weighted by Gasteiger charge is -1.93. The highest BCUT2D eigenvalue weighted by Crippen LogP contribution is 2.11. The van der Waals surface area contributed by atoms with E-state index in [-0.39, 0.29) is 42.7 Å². The van der Waals surface area contributed by atoms with Gasteiger partial charge in [0.2, 0.25) is 5.95 Å². The largest absolute Gasteiger partial charge is 0.383 e. The van der Waals surface area contributed by atoms with Gasteiger partial charge in [-0.1, -0.05) is 0 Å². The fourth-order valence-corrected chi connectivity index (χ4v) is 2.96. The van der Waals surface area contributed by atoms with E-state index in [2.05, 4.69) is 39.9 Å². The monoisotopic (exact) mass is 577 g/mol. The normalized spacial score (nSPS) is 9.90. The highest BCUT2D eigenvalue weighted by Gasteiger charge is 2.05. The molecule has 6 aromatic heterocycles. The second-order valence-electron chi connectivity index (χ2n) is 8.23. The van der Waals surface area contributed by atoms with Crippen LogP contribution in [0.15, 0.2) is 62.7 Å². The number of nitrogens with zero attached hydrogens (tertiary/aromatic N) is 10. The van der Waals surface area contributed by atoms with Crippen molar-refractivity contribution < 1.29 is 0 Å². The van der Waals surface area contributed by atoms with Crippen molar-refractivity contribution in [2.75, 3.05) is 17.2 Å². The van der Waals surface area contributed by atoms with E-state index in [1.165, 1.54) is 34.1 Å². The van der Waals surface area contributed by atoms with E-state index in [0.717, 1.165) is 5.65 Å². The van der Waals surface area contributed by atoms with E-state index >= 15 is 0 Å². The summed E-state index contributed by atoms with van der Waals surface area (Å²) in [6.45, 7) is 0. The molecule has 6 rings (SSSR count). The number of hydrogen-bond donors (Lipinski definition) is 5. The predicted octanol–water partition coefficient (Wildman–Crippen LogP) is -3.03. The Hall–Kier alpha value is -6.08. The molecule has 0 aliphatic rings. The summed E-state index contributed by atoms with van der Waals surface area (Å²) in [7, 11) is 6.80. The Labute approximate surface area is 237 Å². The van der Waals surface area contributed by atoms with Gasteiger partial charge in [0.1, 0.15) is 17.7 Å². The first-order valence-electron chi connectivity index (χ1n) is 11.5. The first-order chi connectivity index (χ1) is 19.4. The number of fused-ring (bicyclic) bond motifs is 2. The molecule has 0 aromatic carbocycles. The van der Waals surface area contributed by atoms with Gasteiger partial charge in [-0.15, -0.1) is 0 Å². The average molecular weight is 577 g/mol. The van der Waals surface area contributed by atoms with Gasteiger partial charge in [-0.05, 0) is 6.07 Å². The van der Waals surface area contributed by atoms with E-state index in [1.54, 1.807) is 48.9 Å². The van der Waals surface area contributed by atoms with E-state index < -0.39 is 0 Å². The van der Waals surface area contributed by atoms with Crippen LogP contribution in [0.5, 0.6) is 0 Å². The van der Waals surface area contributed by atoms with Gasteiger partial charge in [0.15, 0.2) is 22.6 Å². The van der Waals surface area contributed by atoms with Crippen LogP contribution in [-0.2, 0) is 28.2 Å². The Bertz CT molecular complexity index is 2040. The summed E-state index contributed by atoms with van der Waals surface area (Å²) < 4.78 is 6.09. The van der Waals surface area contributed by atoms with Gasteiger partial charge >= 0.3 is 11.4 Å². The first kappa shape index (κ1) is 32.1. The molecule has 0 aliphatic heterocycles. The van der Waals surface area contributed by atoms with E-state index in [0.29, 0.717) is 22.5 Å². The maximum absolute atomic E-state index is 11.2. The molecule has 0 saturated heterocycles. The van der Waals surface area contributed by atoms with Crippen molar-refractivity contribution in [1.82, 2.24) is 58.1 Å². The summed E-state index contributed by atoms with van der Waals surface area (Å²) in [4.78, 5) is 70.2. The summed E-state index contributed by atoms with van der Waals surface area (Å²) in [5.74, 6) is 0.796. The third-order valence-electron chi connectivity index (χ3n) is 5.11. The molecule has 0 amide bonds. The lowest BCUT2D eigenvalue weighted by molar-refractivity contribution is 0.799. The van der Waals surface area contributed by atoms with Gasteiger partial charge in [-0.25, -0.2) is 29.5 Å². The van der Waals surface area contributed by atoms with Crippen LogP contribution in [0.25, 0.3) is 22.3 Å². The molecule has 8 N–H and O–H groups in total. The Morgan fingerprint density at radius 1 is 0.690 bits per heavy atom. The van der Waals surface area contributed by atoms with Crippen molar-refractivity contribution in [3.63, 3.8) is 0 Å². The minimum atomic E-state index is -0.387. The Kier molecular flexibility index (Phi) is 10.6. The summed E-state index contributed by atoms with van der Waals surface area (Å²) in [5, 5.41) is 0. The van der Waals surface area contributed by atoms with Gasteiger partial charge in [-0.2, -0.15) is 9.97 Å². The molecule has 19 nitrogen and oxygen atoms in total. The maximum Gasteiger partial charge on any atom is 0.349 e. The standard InChI is InChI=1S/C6H7N5O.C6H7N5.C5H7N3O.C5H6N2O2.BH/c1-11-2-8-3-4(11)9-6(7)10-5(3)12;1-11-3-10-4-5(7)8-2-9-6(4)11;1-8-3-2-4(6)7-5(8)9;1-7-3-2-4(8)6-5(7)9;/h2H,1H3,(H3,7,9,10,12);2-3H,1H3,(H2,7,8,9);2-3H,1H3,(H2,6,7,9);2-3H,1H3,(H,6,8,9);1H. The van der Waals surface area contributed by atoms with Crippen LogP contribution in [0.1, 0.15) is 0 Å². The topological polar surface area (TPSA) is 275 Å². The van der Waals surface area contributed by atoms with E-state index in [1.807, 2.05) is 7.05 Å². The molecule has 0 fully saturated rings. The number of nitrogen functional groups attached to an aromatic ring is 3. The lowest BCUT2D eigenvalue weighted by Crippen LogP contribution is -2.26. The van der Waals surface area contributed by atoms with Crippen molar-refractivity contribution in [3.8, 4) is 0 Å². The van der Waals surface area contributed by atoms with Crippen LogP contribution in [0.2, 0.25) is 0 Å². The third kappa shape index (κ3) is 7.97. The molecule has 0 aliphatic carbocycles. The van der Waals surface area contributed by atoms with Crippen LogP contribution in [0.4, 0.5) is 17.6 Å². The first-order valence-corrected chi connectivity index (χ1v) is 11.5. The molecule has 20 heteroatoms. The van der Waals surface area contributed by atoms with E-state index in [4.69, 9.17) is 17.2 Å². The zero-order valence-corrected chi connectivity index (χ0v) is 23.1. The molecular formula is C22H28BN15O4. The number of nitrogens with two attached hydrogens (primary N) is 3. The van der Waals surface area contributed by atoms with Crippen LogP contribution < -0.4 is 39.7 Å². The maximum atomic E-state index is 11.2. The molecule has 0 saturated carbocycles. The minimum absolute atomic E-state index is 0. The number of aryl methyl sites for hydroxylation is 4. The van der Waals surface area contributed by atoms with Crippen LogP contribution >= 0.6 is 0 Å². The van der Waals surface area contributed by atoms with Crippen LogP contribution in [-0.4, -0.2) is 66.6 Å². The molecule has 42 heavy (non-hydrogen) atoms. The van der Waals surface area contributed by atoms with Gasteiger partial charge in [0.05, 0.1) is 12.7 Å². The molecule has 0 bridgehead atoms. The number of aromatic nitrogens is 12. The van der Waals surface area contributed by atoms with Gasteiger partial charge in [-0.3, -0.25) is 19.6 Å². The number of anilines is 3. The highest BCUT2D eigenvalue weighted by molar-refractivity contribution is 5.80. The highest BCUT2D eigenvalue weighted by atomic mass is 16.2. The summed E-state index contributed by atoms with van der Waals surface area (Å²) in [6.07, 6.45) is 7.60. The second-order valence-corrected chi connectivity index (χ2v) is 8.23. The summed E-state index contributed by atoms with van der Waals surface area (Å²) in [5.41, 5.74) is 16.9. The number of H-pyrrole nitrogens is 2. The zero-order valence-electron chi connectivity index (χ0n) is 23.1. The number of rotatable bonds is 0. The number of nitrogens with one attached hydrogen (secondary N) is 2. The smallest absolute Gasteiger partial charge is 0.349 e. The lowest BCUT2D eigenvalue weighted by atomic mass is 10.5. The van der Waals surface area contributed by atoms with Crippen LogP contribution in [0.3, 0.4) is 0 Å². The predicted molar refractivity (Wildman–Crippen MR) is 158 cm³/mol. The number of hydrogen-bond acceptors (Lipinski definition) is 13. The zero-order chi connectivity index (χ0) is 30.3. The van der Waals surface area contributed by atoms with Crippen molar-refractivity contribution >= 4 is 48.3 Å². The van der Waals surface area contributed by atoms with E-state index in [9.17, 15) is 19.2 Å². The number of aromatic amines is 2. The summed E-state index contributed by atoms with van der Waals surface area (Å²) >= 11 is 0. The quantitative estimate of drug-likeness (QED) is 0.113. The van der Waals surface area contributed by atoms with Crippen LogP contribution in [0, 0.1) is 0 Å². The third-order valence-corrected chi connectivity index (χ3v) is 5.11. The van der Waals surface area contributed by atoms with Crippen molar-refractivity contribution in [1.29, 1.82) is 0 Å². The van der Waals surface area contributed by atoms with Crippen molar-refractivity contribution in [2.45, 2.75) is 0 Å².